The maximum atomic E-state index is 13.5. The Bertz CT molecular complexity index is 1480. The Hall–Kier alpha value is -3.43. The number of rotatable bonds is 10. The molecule has 0 spiro atoms. The average molecular weight is 604 g/mol. The van der Waals surface area contributed by atoms with Gasteiger partial charge in [0.25, 0.3) is 0 Å². The summed E-state index contributed by atoms with van der Waals surface area (Å²) in [5.74, 6) is 0.744. The third-order valence-electron chi connectivity index (χ3n) is 5.35. The van der Waals surface area contributed by atoms with Gasteiger partial charge >= 0.3 is 12.1 Å². The SMILES string of the molecule is COC(=O)N[C@@H](C)CNc1nccc(-c2[nH]c(C(C)(C)C)nc2-c2cc(Cl)cc(S(=O)(=O)NC(F)(F)CF)c2)n1. The summed E-state index contributed by atoms with van der Waals surface area (Å²) < 4.78 is 70.6. The van der Waals surface area contributed by atoms with E-state index in [1.165, 1.54) is 19.4 Å². The number of imidazole rings is 1. The number of halogens is 4. The van der Waals surface area contributed by atoms with Crippen molar-refractivity contribution in [3.05, 3.63) is 41.3 Å². The molecule has 0 saturated carbocycles. The highest BCUT2D eigenvalue weighted by Crippen LogP contribution is 2.35. The molecule has 0 aliphatic heterocycles. The van der Waals surface area contributed by atoms with Crippen LogP contribution in [0.5, 0.6) is 0 Å². The van der Waals surface area contributed by atoms with Crippen molar-refractivity contribution in [1.29, 1.82) is 0 Å². The van der Waals surface area contributed by atoms with Gasteiger partial charge in [-0.3, -0.25) is 0 Å². The fourth-order valence-corrected chi connectivity index (χ4v) is 4.83. The minimum atomic E-state index is -4.85. The van der Waals surface area contributed by atoms with Crippen LogP contribution in [-0.4, -0.2) is 66.9 Å². The molecule has 218 valence electrons. The largest absolute Gasteiger partial charge is 0.453 e. The number of carbonyl (C=O) groups excluding carboxylic acids is 1. The molecule has 0 aliphatic carbocycles. The van der Waals surface area contributed by atoms with Crippen LogP contribution in [0.4, 0.5) is 23.9 Å². The van der Waals surface area contributed by atoms with Crippen molar-refractivity contribution in [1.82, 2.24) is 30.0 Å². The number of alkyl halides is 3. The van der Waals surface area contributed by atoms with Gasteiger partial charge in [-0.15, -0.1) is 4.72 Å². The second kappa shape index (κ2) is 12.0. The Balaban J connectivity index is 2.06. The minimum Gasteiger partial charge on any atom is -0.453 e. The highest BCUT2D eigenvalue weighted by atomic mass is 35.5. The number of anilines is 1. The van der Waals surface area contributed by atoms with Crippen LogP contribution in [0.1, 0.15) is 33.5 Å². The first-order valence-electron chi connectivity index (χ1n) is 11.9. The quantitative estimate of drug-likeness (QED) is 0.248. The number of sulfonamides is 1. The summed E-state index contributed by atoms with van der Waals surface area (Å²) in [6, 6.07) is 0.466. The van der Waals surface area contributed by atoms with Crippen molar-refractivity contribution in [3.63, 3.8) is 0 Å². The van der Waals surface area contributed by atoms with Crippen LogP contribution in [0.3, 0.4) is 0 Å². The monoisotopic (exact) mass is 603 g/mol. The molecule has 4 N–H and O–H groups in total. The third kappa shape index (κ3) is 7.82. The van der Waals surface area contributed by atoms with Crippen LogP contribution in [0.25, 0.3) is 22.6 Å². The first-order chi connectivity index (χ1) is 18.5. The fourth-order valence-electron chi connectivity index (χ4n) is 3.40. The number of methoxy groups -OCH3 is 1. The summed E-state index contributed by atoms with van der Waals surface area (Å²) in [4.78, 5) is 27.4. The molecule has 0 radical (unpaired) electrons. The van der Waals surface area contributed by atoms with E-state index in [0.29, 0.717) is 17.2 Å². The number of H-pyrrole nitrogens is 1. The number of hydrogen-bond acceptors (Lipinski definition) is 8. The van der Waals surface area contributed by atoms with E-state index in [4.69, 9.17) is 11.6 Å². The normalized spacial score (nSPS) is 13.1. The molecule has 40 heavy (non-hydrogen) atoms. The van der Waals surface area contributed by atoms with E-state index in [-0.39, 0.29) is 34.8 Å². The number of ether oxygens (including phenoxy) is 1. The number of alkyl carbamates (subject to hydrolysis) is 1. The Morgan fingerprint density at radius 2 is 1.90 bits per heavy atom. The molecule has 0 fully saturated rings. The van der Waals surface area contributed by atoms with Gasteiger partial charge in [0, 0.05) is 34.8 Å². The van der Waals surface area contributed by atoms with E-state index in [1.807, 2.05) is 20.8 Å². The van der Waals surface area contributed by atoms with E-state index in [1.54, 1.807) is 13.0 Å². The van der Waals surface area contributed by atoms with Crippen molar-refractivity contribution >= 4 is 33.7 Å². The van der Waals surface area contributed by atoms with Crippen molar-refractivity contribution in [2.24, 2.45) is 0 Å². The van der Waals surface area contributed by atoms with Gasteiger partial charge < -0.3 is 20.4 Å². The fraction of sp³-hybridized carbons (Fsp3) is 0.417. The standard InChI is InChI=1S/C24H29ClF3N7O4S/c1-13(31-22(36)39-5)11-30-21-29-7-6-17(32-21)19-18(33-20(34-19)23(2,3)4)14-8-15(25)10-16(9-14)40(37,38)35-24(27,28)12-26/h6-10,13,35H,11-12H2,1-5H3,(H,31,36)(H,33,34)(H,29,30,32)/t13-/m0/s1. The van der Waals surface area contributed by atoms with Gasteiger partial charge in [0.15, 0.2) is 6.67 Å². The van der Waals surface area contributed by atoms with Crippen LogP contribution < -0.4 is 15.4 Å². The zero-order valence-electron chi connectivity index (χ0n) is 22.3. The smallest absolute Gasteiger partial charge is 0.407 e. The lowest BCUT2D eigenvalue weighted by Gasteiger charge is -2.15. The van der Waals surface area contributed by atoms with Crippen LogP contribution in [0.2, 0.25) is 5.02 Å². The molecular formula is C24H29ClF3N7O4S. The van der Waals surface area contributed by atoms with Gasteiger partial charge in [-0.05, 0) is 31.2 Å². The molecule has 0 unspecified atom stereocenters. The van der Waals surface area contributed by atoms with Gasteiger partial charge in [0.05, 0.1) is 29.1 Å². The lowest BCUT2D eigenvalue weighted by molar-refractivity contribution is -0.0330. The van der Waals surface area contributed by atoms with E-state index in [9.17, 15) is 26.4 Å². The summed E-state index contributed by atoms with van der Waals surface area (Å²) >= 11 is 6.18. The van der Waals surface area contributed by atoms with Gasteiger partial charge in [0.1, 0.15) is 5.82 Å². The number of nitrogens with zero attached hydrogens (tertiary/aromatic N) is 3. The third-order valence-corrected chi connectivity index (χ3v) is 6.99. The number of aromatic nitrogens is 4. The predicted octanol–water partition coefficient (Wildman–Crippen LogP) is 4.48. The van der Waals surface area contributed by atoms with Crippen LogP contribution >= 0.6 is 11.6 Å². The summed E-state index contributed by atoms with van der Waals surface area (Å²) in [5.41, 5.74) is 0.696. The number of nitrogens with one attached hydrogen (secondary N) is 4. The molecule has 11 nitrogen and oxygen atoms in total. The lowest BCUT2D eigenvalue weighted by Crippen LogP contribution is -2.42. The molecule has 3 rings (SSSR count). The molecule has 0 bridgehead atoms. The Kier molecular flexibility index (Phi) is 9.31. The molecule has 1 amide bonds. The zero-order chi connectivity index (χ0) is 29.9. The molecule has 16 heteroatoms. The van der Waals surface area contributed by atoms with Crippen LogP contribution in [0, 0.1) is 0 Å². The molecular weight excluding hydrogens is 575 g/mol. The minimum absolute atomic E-state index is 0.0789. The maximum Gasteiger partial charge on any atom is 0.407 e. The lowest BCUT2D eigenvalue weighted by atomic mass is 9.96. The zero-order valence-corrected chi connectivity index (χ0v) is 23.8. The van der Waals surface area contributed by atoms with Crippen LogP contribution in [0.15, 0.2) is 35.4 Å². The first-order valence-corrected chi connectivity index (χ1v) is 13.7. The molecule has 0 aliphatic rings. The summed E-state index contributed by atoms with van der Waals surface area (Å²) in [5, 5.41) is 5.54. The Labute approximate surface area is 234 Å². The van der Waals surface area contributed by atoms with E-state index < -0.39 is 39.1 Å². The van der Waals surface area contributed by atoms with Crippen molar-refractivity contribution in [2.75, 3.05) is 25.6 Å². The number of carbonyl (C=O) groups is 1. The molecule has 1 aromatic carbocycles. The van der Waals surface area contributed by atoms with Crippen molar-refractivity contribution < 1.29 is 31.1 Å². The van der Waals surface area contributed by atoms with E-state index in [2.05, 4.69) is 35.3 Å². The number of aromatic amines is 1. The summed E-state index contributed by atoms with van der Waals surface area (Å²) in [6.07, 6.45) is 0.897. The van der Waals surface area contributed by atoms with Gasteiger partial charge in [-0.1, -0.05) is 32.4 Å². The highest BCUT2D eigenvalue weighted by Gasteiger charge is 2.36. The van der Waals surface area contributed by atoms with Crippen molar-refractivity contribution in [3.8, 4) is 22.6 Å². The first kappa shape index (κ1) is 31.1. The summed E-state index contributed by atoms with van der Waals surface area (Å²) in [7, 11) is -3.60. The number of amides is 1. The molecule has 0 saturated heterocycles. The number of hydrogen-bond donors (Lipinski definition) is 4. The van der Waals surface area contributed by atoms with E-state index in [0.717, 1.165) is 16.9 Å². The maximum absolute atomic E-state index is 13.5. The molecule has 3 aromatic rings. The van der Waals surface area contributed by atoms with Crippen molar-refractivity contribution in [2.45, 2.75) is 50.1 Å². The topological polar surface area (TPSA) is 151 Å². The second-order valence-corrected chi connectivity index (χ2v) is 12.0. The van der Waals surface area contributed by atoms with Gasteiger partial charge in [0.2, 0.25) is 16.0 Å². The molecule has 1 atom stereocenters. The Morgan fingerprint density at radius 1 is 1.20 bits per heavy atom. The molecule has 2 heterocycles. The second-order valence-electron chi connectivity index (χ2n) is 9.86. The predicted molar refractivity (Wildman–Crippen MR) is 143 cm³/mol. The van der Waals surface area contributed by atoms with E-state index >= 15 is 0 Å². The molecule has 2 aromatic heterocycles. The van der Waals surface area contributed by atoms with Crippen LogP contribution in [-0.2, 0) is 20.2 Å². The highest BCUT2D eigenvalue weighted by molar-refractivity contribution is 7.89. The Morgan fingerprint density at radius 3 is 2.52 bits per heavy atom. The number of benzene rings is 1. The van der Waals surface area contributed by atoms with Gasteiger partial charge in [-0.2, -0.15) is 8.78 Å². The van der Waals surface area contributed by atoms with Gasteiger partial charge in [-0.25, -0.2) is 32.6 Å². The average Bonchev–Trinajstić information content (AvgIpc) is 3.33. The summed E-state index contributed by atoms with van der Waals surface area (Å²) in [6.45, 7) is 5.50.